The maximum atomic E-state index is 12.9. The number of aryl methyl sites for hydroxylation is 1. The fraction of sp³-hybridized carbons (Fsp3) is 0.700. The Morgan fingerprint density at radius 2 is 2.04 bits per heavy atom. The molecule has 3 rings (SSSR count). The molecule has 28 heavy (non-hydrogen) atoms. The number of amides is 4. The summed E-state index contributed by atoms with van der Waals surface area (Å²) in [7, 11) is 0. The summed E-state index contributed by atoms with van der Waals surface area (Å²) in [5.74, 6) is -0.517. The van der Waals surface area contributed by atoms with Gasteiger partial charge in [-0.2, -0.15) is 5.10 Å². The van der Waals surface area contributed by atoms with Gasteiger partial charge in [0.1, 0.15) is 12.1 Å². The topological polar surface area (TPSA) is 96.3 Å². The first kappa shape index (κ1) is 20.4. The summed E-state index contributed by atoms with van der Waals surface area (Å²) in [6, 6.07) is -0.486. The van der Waals surface area contributed by atoms with Crippen LogP contribution in [0.25, 0.3) is 0 Å². The third-order valence-electron chi connectivity index (χ3n) is 6.50. The van der Waals surface area contributed by atoms with Crippen LogP contribution in [0.15, 0.2) is 0 Å². The Hall–Kier alpha value is -2.38. The van der Waals surface area contributed by atoms with Crippen molar-refractivity contribution >= 4 is 17.8 Å². The Kier molecular flexibility index (Phi) is 5.50. The van der Waals surface area contributed by atoms with Crippen molar-refractivity contribution in [3.63, 3.8) is 0 Å². The van der Waals surface area contributed by atoms with Gasteiger partial charge in [0.2, 0.25) is 5.91 Å². The Morgan fingerprint density at radius 1 is 1.32 bits per heavy atom. The van der Waals surface area contributed by atoms with Gasteiger partial charge in [-0.1, -0.05) is 19.8 Å². The summed E-state index contributed by atoms with van der Waals surface area (Å²) >= 11 is 0. The number of aromatic nitrogens is 2. The quantitative estimate of drug-likeness (QED) is 0.753. The van der Waals surface area contributed by atoms with E-state index in [0.29, 0.717) is 13.0 Å². The van der Waals surface area contributed by atoms with E-state index in [2.05, 4.69) is 15.7 Å². The molecule has 2 fully saturated rings. The highest BCUT2D eigenvalue weighted by Gasteiger charge is 2.55. The molecule has 0 unspecified atom stereocenters. The summed E-state index contributed by atoms with van der Waals surface area (Å²) in [5.41, 5.74) is 2.36. The third-order valence-corrected chi connectivity index (χ3v) is 6.50. The number of urea groups is 1. The highest BCUT2D eigenvalue weighted by molar-refractivity contribution is 6.09. The van der Waals surface area contributed by atoms with Crippen LogP contribution in [0.3, 0.4) is 0 Å². The zero-order chi connectivity index (χ0) is 20.6. The minimum Gasteiger partial charge on any atom is -0.352 e. The molecule has 1 aliphatic heterocycles. The molecule has 8 nitrogen and oxygen atoms in total. The van der Waals surface area contributed by atoms with Crippen molar-refractivity contribution in [2.75, 3.05) is 13.1 Å². The van der Waals surface area contributed by atoms with E-state index in [9.17, 15) is 14.4 Å². The first-order chi connectivity index (χ1) is 13.2. The molecule has 1 aromatic rings. The molecule has 1 aromatic heterocycles. The Bertz CT molecular complexity index is 802. The largest absolute Gasteiger partial charge is 0.352 e. The molecule has 3 atom stereocenters. The summed E-state index contributed by atoms with van der Waals surface area (Å²) in [5, 5.41) is 10.2. The number of imide groups is 1. The van der Waals surface area contributed by atoms with Crippen molar-refractivity contribution in [3.8, 4) is 0 Å². The van der Waals surface area contributed by atoms with Gasteiger partial charge in [0.05, 0.1) is 11.7 Å². The summed E-state index contributed by atoms with van der Waals surface area (Å²) in [6.07, 6.45) is 3.53. The predicted octanol–water partition coefficient (Wildman–Crippen LogP) is 1.99. The van der Waals surface area contributed by atoms with Gasteiger partial charge in [0.15, 0.2) is 0 Å². The number of nitrogens with one attached hydrogen (secondary N) is 2. The van der Waals surface area contributed by atoms with E-state index in [0.717, 1.165) is 41.1 Å². The average molecular weight is 390 g/mol. The second kappa shape index (κ2) is 7.56. The molecule has 0 bridgehead atoms. The molecular weight excluding hydrogens is 358 g/mol. The second-order valence-corrected chi connectivity index (χ2v) is 8.33. The predicted molar refractivity (Wildman–Crippen MR) is 105 cm³/mol. The molecule has 2 aliphatic rings. The van der Waals surface area contributed by atoms with Gasteiger partial charge in [-0.3, -0.25) is 19.2 Å². The van der Waals surface area contributed by atoms with Crippen LogP contribution in [0.2, 0.25) is 0 Å². The van der Waals surface area contributed by atoms with Crippen molar-refractivity contribution < 1.29 is 14.4 Å². The molecular formula is C20H31N5O3. The molecule has 0 aromatic carbocycles. The van der Waals surface area contributed by atoms with E-state index in [1.807, 2.05) is 39.3 Å². The average Bonchev–Trinajstić information content (AvgIpc) is 3.05. The molecule has 1 saturated carbocycles. The molecule has 8 heteroatoms. The van der Waals surface area contributed by atoms with Gasteiger partial charge in [-0.05, 0) is 52.0 Å². The summed E-state index contributed by atoms with van der Waals surface area (Å²) in [6.45, 7) is 10.1. The monoisotopic (exact) mass is 389 g/mol. The van der Waals surface area contributed by atoms with E-state index in [-0.39, 0.29) is 30.3 Å². The van der Waals surface area contributed by atoms with Gasteiger partial charge in [0.25, 0.3) is 5.91 Å². The number of carbonyl (C=O) groups excluding carboxylic acids is 3. The van der Waals surface area contributed by atoms with Crippen molar-refractivity contribution in [2.45, 2.75) is 71.9 Å². The number of hydrogen-bond donors (Lipinski definition) is 2. The van der Waals surface area contributed by atoms with Crippen LogP contribution in [0.5, 0.6) is 0 Å². The first-order valence-corrected chi connectivity index (χ1v) is 10.1. The molecule has 154 valence electrons. The maximum Gasteiger partial charge on any atom is 0.325 e. The number of hydrogen-bond acceptors (Lipinski definition) is 4. The van der Waals surface area contributed by atoms with Crippen molar-refractivity contribution in [2.24, 2.45) is 5.92 Å². The molecule has 2 N–H and O–H groups in total. The normalized spacial score (nSPS) is 25.9. The van der Waals surface area contributed by atoms with Crippen LogP contribution in [0, 0.1) is 26.7 Å². The Morgan fingerprint density at radius 3 is 2.64 bits per heavy atom. The van der Waals surface area contributed by atoms with Crippen molar-refractivity contribution in [1.82, 2.24) is 25.3 Å². The lowest BCUT2D eigenvalue weighted by molar-refractivity contribution is -0.137. The summed E-state index contributed by atoms with van der Waals surface area (Å²) in [4.78, 5) is 38.8. The van der Waals surface area contributed by atoms with Gasteiger partial charge in [0, 0.05) is 12.2 Å². The Labute approximate surface area is 166 Å². The van der Waals surface area contributed by atoms with E-state index in [4.69, 9.17) is 0 Å². The molecule has 2 heterocycles. The lowest BCUT2D eigenvalue weighted by atomic mass is 9.73. The van der Waals surface area contributed by atoms with Gasteiger partial charge in [-0.25, -0.2) is 4.79 Å². The van der Waals surface area contributed by atoms with Crippen LogP contribution in [-0.2, 0) is 9.59 Å². The van der Waals surface area contributed by atoms with Crippen LogP contribution in [-0.4, -0.2) is 51.2 Å². The lowest BCUT2D eigenvalue weighted by Crippen LogP contribution is -2.54. The first-order valence-electron chi connectivity index (χ1n) is 10.1. The summed E-state index contributed by atoms with van der Waals surface area (Å²) < 4.78 is 1.90. The van der Waals surface area contributed by atoms with Crippen molar-refractivity contribution in [3.05, 3.63) is 17.0 Å². The molecule has 1 spiro atoms. The smallest absolute Gasteiger partial charge is 0.325 e. The van der Waals surface area contributed by atoms with Crippen LogP contribution < -0.4 is 10.6 Å². The van der Waals surface area contributed by atoms with E-state index >= 15 is 0 Å². The molecule has 1 aliphatic carbocycles. The van der Waals surface area contributed by atoms with Crippen LogP contribution in [0.4, 0.5) is 4.79 Å². The Balaban J connectivity index is 1.59. The van der Waals surface area contributed by atoms with Crippen LogP contribution >= 0.6 is 0 Å². The molecule has 1 saturated heterocycles. The highest BCUT2D eigenvalue weighted by Crippen LogP contribution is 2.38. The zero-order valence-electron chi connectivity index (χ0n) is 17.5. The molecule has 4 amide bonds. The third kappa shape index (κ3) is 3.40. The van der Waals surface area contributed by atoms with E-state index in [1.54, 1.807) is 0 Å². The van der Waals surface area contributed by atoms with E-state index < -0.39 is 11.6 Å². The second-order valence-electron chi connectivity index (χ2n) is 8.33. The SMILES string of the molecule is Cc1nn([C@H](C)CNC(=O)CN2C(=O)N[C@]3(CCCC[C@@H]3C)C2=O)c(C)c1C. The molecule has 0 radical (unpaired) electrons. The fourth-order valence-corrected chi connectivity index (χ4v) is 4.36. The minimum atomic E-state index is -0.829. The number of carbonyl (C=O) groups is 3. The minimum absolute atomic E-state index is 0.0239. The van der Waals surface area contributed by atoms with E-state index in [1.165, 1.54) is 0 Å². The maximum absolute atomic E-state index is 12.9. The standard InChI is InChI=1S/C20H31N5O3/c1-12-8-6-7-9-20(12)18(27)24(19(28)22-20)11-17(26)21-10-13(2)25-16(5)14(3)15(4)23-25/h12-13H,6-11H2,1-5H3,(H,21,26)(H,22,28)/t12-,13+,20-/m0/s1. The zero-order valence-corrected chi connectivity index (χ0v) is 17.5. The highest BCUT2D eigenvalue weighted by atomic mass is 16.2. The van der Waals surface area contributed by atoms with Crippen LogP contribution in [0.1, 0.15) is 62.5 Å². The number of rotatable bonds is 5. The number of nitrogens with zero attached hydrogens (tertiary/aromatic N) is 3. The van der Waals surface area contributed by atoms with Crippen molar-refractivity contribution in [1.29, 1.82) is 0 Å². The van der Waals surface area contributed by atoms with Gasteiger partial charge in [-0.15, -0.1) is 0 Å². The van der Waals surface area contributed by atoms with Gasteiger partial charge < -0.3 is 10.6 Å². The van der Waals surface area contributed by atoms with Gasteiger partial charge >= 0.3 is 6.03 Å². The lowest BCUT2D eigenvalue weighted by Gasteiger charge is -2.36. The fourth-order valence-electron chi connectivity index (χ4n) is 4.36.